The lowest BCUT2D eigenvalue weighted by Crippen LogP contribution is -2.36. The lowest BCUT2D eigenvalue weighted by molar-refractivity contribution is 0.102. The maximum Gasteiger partial charge on any atom is 0.255 e. The maximum atomic E-state index is 12.9. The van der Waals surface area contributed by atoms with Gasteiger partial charge in [0, 0.05) is 29.9 Å². The Labute approximate surface area is 178 Å². The van der Waals surface area contributed by atoms with Gasteiger partial charge in [0.1, 0.15) is 5.01 Å². The van der Waals surface area contributed by atoms with Gasteiger partial charge in [0.15, 0.2) is 0 Å². The standard InChI is InChI=1S/C24H21N3O2S/c28-23(17-9-11-18(12-10-17)27-13-15-29-16-14-27)25-20-6-2-1-5-19(20)24-26-21-7-3-4-8-22(21)30-24/h1-12H,13-16H2,(H,25,28). The minimum Gasteiger partial charge on any atom is -0.378 e. The van der Waals surface area contributed by atoms with E-state index in [1.54, 1.807) is 11.3 Å². The zero-order valence-electron chi connectivity index (χ0n) is 16.4. The van der Waals surface area contributed by atoms with Crippen LogP contribution in [0, 0.1) is 0 Å². The van der Waals surface area contributed by atoms with Gasteiger partial charge in [0.25, 0.3) is 5.91 Å². The third-order valence-corrected chi connectivity index (χ3v) is 6.27. The van der Waals surface area contributed by atoms with E-state index in [-0.39, 0.29) is 5.91 Å². The molecule has 1 saturated heterocycles. The molecule has 30 heavy (non-hydrogen) atoms. The highest BCUT2D eigenvalue weighted by molar-refractivity contribution is 7.21. The predicted octanol–water partition coefficient (Wildman–Crippen LogP) is 5.05. The van der Waals surface area contributed by atoms with Crippen LogP contribution in [0.2, 0.25) is 0 Å². The molecule has 150 valence electrons. The van der Waals surface area contributed by atoms with Crippen molar-refractivity contribution in [1.29, 1.82) is 0 Å². The van der Waals surface area contributed by atoms with Crippen LogP contribution in [0.3, 0.4) is 0 Å². The Hall–Kier alpha value is -3.22. The molecule has 0 aliphatic carbocycles. The number of hydrogen-bond acceptors (Lipinski definition) is 5. The molecule has 1 aliphatic rings. The third kappa shape index (κ3) is 3.79. The Morgan fingerprint density at radius 2 is 1.67 bits per heavy atom. The van der Waals surface area contributed by atoms with Crippen LogP contribution in [-0.4, -0.2) is 37.2 Å². The molecule has 0 spiro atoms. The van der Waals surface area contributed by atoms with Gasteiger partial charge in [0.05, 0.1) is 29.1 Å². The molecule has 0 saturated carbocycles. The van der Waals surface area contributed by atoms with Crippen LogP contribution in [0.1, 0.15) is 10.4 Å². The van der Waals surface area contributed by atoms with Crippen molar-refractivity contribution in [2.75, 3.05) is 36.5 Å². The molecule has 0 atom stereocenters. The summed E-state index contributed by atoms with van der Waals surface area (Å²) in [5.41, 5.74) is 4.41. The van der Waals surface area contributed by atoms with Crippen molar-refractivity contribution in [2.45, 2.75) is 0 Å². The van der Waals surface area contributed by atoms with Crippen LogP contribution in [-0.2, 0) is 4.74 Å². The molecule has 5 rings (SSSR count). The van der Waals surface area contributed by atoms with Crippen LogP contribution >= 0.6 is 11.3 Å². The minimum absolute atomic E-state index is 0.128. The monoisotopic (exact) mass is 415 g/mol. The first kappa shape index (κ1) is 18.8. The first-order valence-electron chi connectivity index (χ1n) is 9.97. The van der Waals surface area contributed by atoms with E-state index in [0.717, 1.165) is 58.5 Å². The quantitative estimate of drug-likeness (QED) is 0.507. The average molecular weight is 416 g/mol. The molecule has 1 aliphatic heterocycles. The van der Waals surface area contributed by atoms with E-state index in [1.165, 1.54) is 0 Å². The first-order chi connectivity index (χ1) is 14.8. The fourth-order valence-corrected chi connectivity index (χ4v) is 4.61. The van der Waals surface area contributed by atoms with E-state index in [1.807, 2.05) is 66.7 Å². The van der Waals surface area contributed by atoms with E-state index in [0.29, 0.717) is 5.56 Å². The number of amides is 1. The summed E-state index contributed by atoms with van der Waals surface area (Å²) in [6.45, 7) is 3.23. The summed E-state index contributed by atoms with van der Waals surface area (Å²) >= 11 is 1.63. The fraction of sp³-hybridized carbons (Fsp3) is 0.167. The number of carbonyl (C=O) groups excluding carboxylic acids is 1. The van der Waals surface area contributed by atoms with Crippen molar-refractivity contribution in [3.63, 3.8) is 0 Å². The summed E-state index contributed by atoms with van der Waals surface area (Å²) in [5, 5.41) is 3.96. The molecule has 2 heterocycles. The topological polar surface area (TPSA) is 54.5 Å². The molecule has 0 radical (unpaired) electrons. The largest absolute Gasteiger partial charge is 0.378 e. The number of rotatable bonds is 4. The lowest BCUT2D eigenvalue weighted by atomic mass is 10.1. The van der Waals surface area contributed by atoms with Gasteiger partial charge >= 0.3 is 0 Å². The van der Waals surface area contributed by atoms with Crippen LogP contribution in [0.4, 0.5) is 11.4 Å². The zero-order chi connectivity index (χ0) is 20.3. The van der Waals surface area contributed by atoms with Crippen molar-refractivity contribution in [3.05, 3.63) is 78.4 Å². The van der Waals surface area contributed by atoms with E-state index in [2.05, 4.69) is 16.3 Å². The molecule has 5 nitrogen and oxygen atoms in total. The Bertz CT molecular complexity index is 1150. The molecule has 3 aromatic carbocycles. The number of ether oxygens (including phenoxy) is 1. The molecule has 6 heteroatoms. The molecule has 1 amide bonds. The van der Waals surface area contributed by atoms with Gasteiger partial charge in [-0.15, -0.1) is 11.3 Å². The van der Waals surface area contributed by atoms with Crippen molar-refractivity contribution in [1.82, 2.24) is 4.98 Å². The Morgan fingerprint density at radius 3 is 2.47 bits per heavy atom. The van der Waals surface area contributed by atoms with Gasteiger partial charge < -0.3 is 15.0 Å². The zero-order valence-corrected chi connectivity index (χ0v) is 17.2. The van der Waals surface area contributed by atoms with Gasteiger partial charge in [-0.1, -0.05) is 24.3 Å². The van der Waals surface area contributed by atoms with Crippen LogP contribution in [0.15, 0.2) is 72.8 Å². The summed E-state index contributed by atoms with van der Waals surface area (Å²) in [7, 11) is 0. The maximum absolute atomic E-state index is 12.9. The molecular weight excluding hydrogens is 394 g/mol. The van der Waals surface area contributed by atoms with Crippen molar-refractivity contribution in [3.8, 4) is 10.6 Å². The number of fused-ring (bicyclic) bond motifs is 1. The van der Waals surface area contributed by atoms with Crippen LogP contribution in [0.25, 0.3) is 20.8 Å². The Morgan fingerprint density at radius 1 is 0.933 bits per heavy atom. The number of nitrogens with zero attached hydrogens (tertiary/aromatic N) is 2. The van der Waals surface area contributed by atoms with Crippen molar-refractivity contribution in [2.24, 2.45) is 0 Å². The fourth-order valence-electron chi connectivity index (χ4n) is 3.61. The number of carbonyl (C=O) groups is 1. The van der Waals surface area contributed by atoms with E-state index >= 15 is 0 Å². The average Bonchev–Trinajstić information content (AvgIpc) is 3.24. The van der Waals surface area contributed by atoms with Crippen LogP contribution in [0.5, 0.6) is 0 Å². The summed E-state index contributed by atoms with van der Waals surface area (Å²) < 4.78 is 6.54. The second-order valence-corrected chi connectivity index (χ2v) is 8.16. The summed E-state index contributed by atoms with van der Waals surface area (Å²) in [4.78, 5) is 19.9. The Kier molecular flexibility index (Phi) is 5.17. The van der Waals surface area contributed by atoms with E-state index in [4.69, 9.17) is 9.72 Å². The number of thiazole rings is 1. The number of aromatic nitrogens is 1. The van der Waals surface area contributed by atoms with E-state index < -0.39 is 0 Å². The normalized spacial score (nSPS) is 14.1. The lowest BCUT2D eigenvalue weighted by Gasteiger charge is -2.28. The van der Waals surface area contributed by atoms with Gasteiger partial charge in [-0.05, 0) is 48.5 Å². The second kappa shape index (κ2) is 8.26. The van der Waals surface area contributed by atoms with Gasteiger partial charge in [0.2, 0.25) is 0 Å². The molecule has 1 aromatic heterocycles. The molecule has 1 N–H and O–H groups in total. The number of morpholine rings is 1. The van der Waals surface area contributed by atoms with Gasteiger partial charge in [-0.25, -0.2) is 4.98 Å². The number of nitrogens with one attached hydrogen (secondary N) is 1. The third-order valence-electron chi connectivity index (χ3n) is 5.21. The van der Waals surface area contributed by atoms with Gasteiger partial charge in [-0.2, -0.15) is 0 Å². The molecule has 4 aromatic rings. The summed E-state index contributed by atoms with van der Waals surface area (Å²) in [5.74, 6) is -0.128. The number of benzene rings is 3. The summed E-state index contributed by atoms with van der Waals surface area (Å²) in [6, 6.07) is 23.6. The minimum atomic E-state index is -0.128. The SMILES string of the molecule is O=C(Nc1ccccc1-c1nc2ccccc2s1)c1ccc(N2CCOCC2)cc1. The number of anilines is 2. The smallest absolute Gasteiger partial charge is 0.255 e. The van der Waals surface area contributed by atoms with Crippen LogP contribution < -0.4 is 10.2 Å². The second-order valence-electron chi connectivity index (χ2n) is 7.13. The molecule has 1 fully saturated rings. The highest BCUT2D eigenvalue weighted by Crippen LogP contribution is 2.34. The number of hydrogen-bond donors (Lipinski definition) is 1. The number of para-hydroxylation sites is 2. The van der Waals surface area contributed by atoms with Crippen molar-refractivity contribution < 1.29 is 9.53 Å². The first-order valence-corrected chi connectivity index (χ1v) is 10.8. The van der Waals surface area contributed by atoms with Gasteiger partial charge in [-0.3, -0.25) is 4.79 Å². The highest BCUT2D eigenvalue weighted by atomic mass is 32.1. The summed E-state index contributed by atoms with van der Waals surface area (Å²) in [6.07, 6.45) is 0. The van der Waals surface area contributed by atoms with Crippen molar-refractivity contribution >= 4 is 38.8 Å². The predicted molar refractivity (Wildman–Crippen MR) is 122 cm³/mol. The molecule has 0 unspecified atom stereocenters. The molecular formula is C24H21N3O2S. The Balaban J connectivity index is 1.37. The highest BCUT2D eigenvalue weighted by Gasteiger charge is 2.15. The van der Waals surface area contributed by atoms with E-state index in [9.17, 15) is 4.79 Å². The molecule has 0 bridgehead atoms.